The molecule has 9 rings (SSSR count). The quantitative estimate of drug-likeness (QED) is 0.186. The molecule has 2 heteroatoms. The van der Waals surface area contributed by atoms with Crippen LogP contribution >= 0.6 is 0 Å². The topological polar surface area (TPSA) is 8.17 Å². The van der Waals surface area contributed by atoms with Gasteiger partial charge in [0, 0.05) is 44.3 Å². The summed E-state index contributed by atoms with van der Waals surface area (Å²) in [6.07, 6.45) is 8.99. The van der Waals surface area contributed by atoms with Crippen LogP contribution in [0, 0.1) is 5.92 Å². The van der Waals surface area contributed by atoms with Crippen molar-refractivity contribution in [2.45, 2.75) is 32.2 Å². The molecule has 48 heavy (non-hydrogen) atoms. The van der Waals surface area contributed by atoms with Gasteiger partial charge in [0.1, 0.15) is 0 Å². The number of benzene rings is 6. The summed E-state index contributed by atoms with van der Waals surface area (Å²) in [7, 11) is 0. The Morgan fingerprint density at radius 3 is 2.00 bits per heavy atom. The summed E-state index contributed by atoms with van der Waals surface area (Å²) >= 11 is 0. The lowest BCUT2D eigenvalue weighted by Gasteiger charge is -2.28. The molecule has 0 N–H and O–H groups in total. The number of aromatic nitrogens is 1. The Bertz CT molecular complexity index is 2390. The molecule has 7 aromatic rings. The van der Waals surface area contributed by atoms with E-state index in [1.54, 1.807) is 0 Å². The number of nitrogens with zero attached hydrogens (tertiary/aromatic N) is 2. The molecule has 2 aliphatic carbocycles. The summed E-state index contributed by atoms with van der Waals surface area (Å²) in [5.74, 6) is 0.431. The van der Waals surface area contributed by atoms with E-state index in [0.717, 1.165) is 11.4 Å². The maximum Gasteiger partial charge on any atom is 0.0585 e. The second-order valence-electron chi connectivity index (χ2n) is 13.9. The minimum atomic E-state index is -0.0576. The van der Waals surface area contributed by atoms with E-state index < -0.39 is 0 Å². The second-order valence-corrected chi connectivity index (χ2v) is 13.9. The molecule has 1 aromatic heterocycles. The molecule has 2 unspecified atom stereocenters. The van der Waals surface area contributed by atoms with E-state index in [2.05, 4.69) is 194 Å². The van der Waals surface area contributed by atoms with E-state index in [-0.39, 0.29) is 5.41 Å². The van der Waals surface area contributed by atoms with Gasteiger partial charge in [-0.05, 0) is 93.9 Å². The first-order valence-corrected chi connectivity index (χ1v) is 17.1. The fourth-order valence-corrected chi connectivity index (χ4v) is 8.19. The Kier molecular flexibility index (Phi) is 6.55. The van der Waals surface area contributed by atoms with Gasteiger partial charge in [-0.3, -0.25) is 0 Å². The number of fused-ring (bicyclic) bond motifs is 6. The molecule has 6 aromatic carbocycles. The van der Waals surface area contributed by atoms with Gasteiger partial charge in [-0.25, -0.2) is 0 Å². The number of hydrogen-bond donors (Lipinski definition) is 0. The largest absolute Gasteiger partial charge is 0.333 e. The smallest absolute Gasteiger partial charge is 0.0585 e. The minimum absolute atomic E-state index is 0.0576. The summed E-state index contributed by atoms with van der Waals surface area (Å²) in [4.78, 5) is 2.38. The average molecular weight is 619 g/mol. The molecule has 2 aliphatic rings. The van der Waals surface area contributed by atoms with Crippen LogP contribution in [0.4, 0.5) is 17.1 Å². The number of rotatable bonds is 5. The molecule has 0 fully saturated rings. The normalized spacial score (nSPS) is 17.5. The molecule has 0 spiro atoms. The van der Waals surface area contributed by atoms with Crippen molar-refractivity contribution in [3.05, 3.63) is 175 Å². The number of hydrogen-bond acceptors (Lipinski definition) is 1. The highest BCUT2D eigenvalue weighted by Gasteiger charge is 2.35. The van der Waals surface area contributed by atoms with Crippen LogP contribution in [0.2, 0.25) is 0 Å². The van der Waals surface area contributed by atoms with Crippen LogP contribution in [0.3, 0.4) is 0 Å². The highest BCUT2D eigenvalue weighted by molar-refractivity contribution is 6.09. The van der Waals surface area contributed by atoms with Gasteiger partial charge in [-0.2, -0.15) is 0 Å². The lowest BCUT2D eigenvalue weighted by molar-refractivity contribution is 0.510. The third kappa shape index (κ3) is 4.40. The number of para-hydroxylation sites is 2. The molecule has 2 atom stereocenters. The Hall–Kier alpha value is -5.60. The highest BCUT2D eigenvalue weighted by Crippen LogP contribution is 2.50. The Morgan fingerprint density at radius 2 is 1.17 bits per heavy atom. The minimum Gasteiger partial charge on any atom is -0.333 e. The SMILES string of the molecule is CC1C=CC=CC1n1c2ccccc2c2cc(-c3ccc(N(c4ccccc4)c4ccc5c(c4)C(C)(C)c4ccccc4-5)cc3)ccc21. The monoisotopic (exact) mass is 618 g/mol. The average Bonchev–Trinajstić information content (AvgIpc) is 3.57. The Morgan fingerprint density at radius 1 is 0.521 bits per heavy atom. The van der Waals surface area contributed by atoms with Gasteiger partial charge in [0.05, 0.1) is 6.04 Å². The van der Waals surface area contributed by atoms with Gasteiger partial charge in [0.25, 0.3) is 0 Å². The van der Waals surface area contributed by atoms with Gasteiger partial charge >= 0.3 is 0 Å². The molecular formula is C46H38N2. The highest BCUT2D eigenvalue weighted by atomic mass is 15.1. The van der Waals surface area contributed by atoms with Crippen molar-refractivity contribution in [2.24, 2.45) is 5.92 Å². The van der Waals surface area contributed by atoms with Crippen molar-refractivity contribution in [3.8, 4) is 22.3 Å². The first-order valence-electron chi connectivity index (χ1n) is 17.1. The molecule has 0 aliphatic heterocycles. The number of anilines is 3. The molecule has 0 bridgehead atoms. The second kappa shape index (κ2) is 11.0. The standard InChI is InChI=1S/C46H38N2/c1-31-13-7-11-19-43(31)48-44-20-12-9-17-39(44)40-29-33(23-28-45(40)48)32-21-24-35(25-22-32)47(34-14-5-4-6-15-34)36-26-27-38-37-16-8-10-18-41(37)46(2,3)42(38)30-36/h4-31,43H,1-3H3. The molecular weight excluding hydrogens is 581 g/mol. The van der Waals surface area contributed by atoms with Crippen molar-refractivity contribution in [1.29, 1.82) is 0 Å². The lowest BCUT2D eigenvalue weighted by atomic mass is 9.82. The first-order chi connectivity index (χ1) is 23.5. The molecule has 0 amide bonds. The van der Waals surface area contributed by atoms with Gasteiger partial charge in [-0.1, -0.05) is 130 Å². The summed E-state index contributed by atoms with van der Waals surface area (Å²) in [5, 5.41) is 2.60. The van der Waals surface area contributed by atoms with Crippen LogP contribution in [-0.4, -0.2) is 4.57 Å². The molecule has 0 saturated carbocycles. The van der Waals surface area contributed by atoms with Crippen molar-refractivity contribution < 1.29 is 0 Å². The summed E-state index contributed by atoms with van der Waals surface area (Å²) < 4.78 is 2.52. The lowest BCUT2D eigenvalue weighted by Crippen LogP contribution is -2.16. The van der Waals surface area contributed by atoms with Crippen molar-refractivity contribution >= 4 is 38.9 Å². The van der Waals surface area contributed by atoms with Crippen molar-refractivity contribution in [3.63, 3.8) is 0 Å². The van der Waals surface area contributed by atoms with Crippen LogP contribution in [0.15, 0.2) is 164 Å². The van der Waals surface area contributed by atoms with Gasteiger partial charge < -0.3 is 9.47 Å². The predicted octanol–water partition coefficient (Wildman–Crippen LogP) is 12.5. The van der Waals surface area contributed by atoms with E-state index in [9.17, 15) is 0 Å². The summed E-state index contributed by atoms with van der Waals surface area (Å²) in [6, 6.07) is 51.8. The molecule has 0 radical (unpaired) electrons. The predicted molar refractivity (Wildman–Crippen MR) is 204 cm³/mol. The zero-order chi connectivity index (χ0) is 32.4. The maximum absolute atomic E-state index is 2.52. The fourth-order valence-electron chi connectivity index (χ4n) is 8.19. The van der Waals surface area contributed by atoms with Crippen LogP contribution in [0.5, 0.6) is 0 Å². The van der Waals surface area contributed by atoms with Gasteiger partial charge in [0.15, 0.2) is 0 Å². The third-order valence-electron chi connectivity index (χ3n) is 10.7. The van der Waals surface area contributed by atoms with Crippen LogP contribution in [0.1, 0.15) is 37.9 Å². The zero-order valence-corrected chi connectivity index (χ0v) is 27.6. The van der Waals surface area contributed by atoms with E-state index in [0.29, 0.717) is 12.0 Å². The number of allylic oxidation sites excluding steroid dienone is 4. The van der Waals surface area contributed by atoms with E-state index in [4.69, 9.17) is 0 Å². The molecule has 1 heterocycles. The molecule has 232 valence electrons. The van der Waals surface area contributed by atoms with Crippen molar-refractivity contribution in [1.82, 2.24) is 4.57 Å². The van der Waals surface area contributed by atoms with Crippen LogP contribution < -0.4 is 4.90 Å². The zero-order valence-electron chi connectivity index (χ0n) is 27.6. The van der Waals surface area contributed by atoms with E-state index in [1.807, 2.05) is 0 Å². The van der Waals surface area contributed by atoms with Crippen molar-refractivity contribution in [2.75, 3.05) is 4.90 Å². The third-order valence-corrected chi connectivity index (χ3v) is 10.7. The molecule has 0 saturated heterocycles. The van der Waals surface area contributed by atoms with Crippen LogP contribution in [-0.2, 0) is 5.41 Å². The molecule has 2 nitrogen and oxygen atoms in total. The maximum atomic E-state index is 2.52. The first kappa shape index (κ1) is 28.6. The van der Waals surface area contributed by atoms with Crippen LogP contribution in [0.25, 0.3) is 44.1 Å². The summed E-state index contributed by atoms with van der Waals surface area (Å²) in [6.45, 7) is 7.00. The Labute approximate surface area is 282 Å². The fraction of sp³-hybridized carbons (Fsp3) is 0.130. The van der Waals surface area contributed by atoms with Gasteiger partial charge in [-0.15, -0.1) is 0 Å². The Balaban J connectivity index is 1.12. The summed E-state index contributed by atoms with van der Waals surface area (Å²) in [5.41, 5.74) is 13.9. The van der Waals surface area contributed by atoms with Gasteiger partial charge in [0.2, 0.25) is 0 Å². The van der Waals surface area contributed by atoms with E-state index in [1.165, 1.54) is 60.9 Å². The van der Waals surface area contributed by atoms with E-state index >= 15 is 0 Å².